The molecule has 0 aliphatic carbocycles. The van der Waals surface area contributed by atoms with Crippen molar-refractivity contribution in [2.24, 2.45) is 0 Å². The number of ether oxygens (including phenoxy) is 1. The first-order valence-electron chi connectivity index (χ1n) is 10.3. The van der Waals surface area contributed by atoms with E-state index in [-0.39, 0.29) is 24.8 Å². The second-order valence-electron chi connectivity index (χ2n) is 7.64. The first kappa shape index (κ1) is 22.2. The van der Waals surface area contributed by atoms with Gasteiger partial charge in [0, 0.05) is 29.1 Å². The Morgan fingerprint density at radius 2 is 1.97 bits per heavy atom. The number of esters is 1. The van der Waals surface area contributed by atoms with E-state index in [2.05, 4.69) is 11.8 Å². The molecule has 1 atom stereocenters. The van der Waals surface area contributed by atoms with Crippen LogP contribution in [0.15, 0.2) is 46.9 Å². The van der Waals surface area contributed by atoms with Gasteiger partial charge in [-0.2, -0.15) is 0 Å². The number of furan rings is 1. The third-order valence-corrected chi connectivity index (χ3v) is 5.76. The van der Waals surface area contributed by atoms with Crippen LogP contribution in [0, 0.1) is 0 Å². The number of halogens is 1. The van der Waals surface area contributed by atoms with Gasteiger partial charge in [-0.1, -0.05) is 36.8 Å². The Bertz CT molecular complexity index is 1010. The minimum absolute atomic E-state index is 0. The molecule has 2 heterocycles. The Balaban J connectivity index is 0.00000256. The zero-order valence-electron chi connectivity index (χ0n) is 17.4. The van der Waals surface area contributed by atoms with Crippen LogP contribution in [-0.4, -0.2) is 35.2 Å². The number of benzene rings is 2. The monoisotopic (exact) mass is 428 g/mol. The predicted molar refractivity (Wildman–Crippen MR) is 113 cm³/mol. The largest absolute Gasteiger partial charge is 1.00 e. The number of nitrogens with zero attached hydrogens (tertiary/aromatic N) is 1. The number of phenolic OH excluding ortho intramolecular Hbond substituents is 1. The minimum Gasteiger partial charge on any atom is -1.00 e. The summed E-state index contributed by atoms with van der Waals surface area (Å²) in [6.07, 6.45) is 3.51. The van der Waals surface area contributed by atoms with E-state index in [1.165, 1.54) is 6.42 Å². The summed E-state index contributed by atoms with van der Waals surface area (Å²) in [7, 11) is 0. The van der Waals surface area contributed by atoms with Gasteiger partial charge in [0.1, 0.15) is 22.7 Å². The van der Waals surface area contributed by atoms with E-state index in [1.54, 1.807) is 19.1 Å². The van der Waals surface area contributed by atoms with Crippen LogP contribution in [0.2, 0.25) is 0 Å². The summed E-state index contributed by atoms with van der Waals surface area (Å²) in [6.45, 7) is 5.83. The molecule has 0 bridgehead atoms. The summed E-state index contributed by atoms with van der Waals surface area (Å²) in [5.74, 6) is 0.238. The molecule has 0 saturated carbocycles. The fraction of sp³-hybridized carbons (Fsp3) is 0.375. The summed E-state index contributed by atoms with van der Waals surface area (Å²) in [5.41, 5.74) is 2.52. The molecule has 0 amide bonds. The maximum Gasteiger partial charge on any atom is 0.342 e. The van der Waals surface area contributed by atoms with Gasteiger partial charge in [-0.3, -0.25) is 4.90 Å². The van der Waals surface area contributed by atoms with E-state index in [4.69, 9.17) is 9.15 Å². The van der Waals surface area contributed by atoms with E-state index >= 15 is 0 Å². The highest BCUT2D eigenvalue weighted by molar-refractivity contribution is 6.10. The van der Waals surface area contributed by atoms with Crippen LogP contribution in [0.4, 0.5) is 0 Å². The summed E-state index contributed by atoms with van der Waals surface area (Å²) in [4.78, 5) is 15.3. The molecule has 6 heteroatoms. The Hall–Kier alpha value is -2.50. The molecular weight excluding hydrogens is 402 g/mol. The van der Waals surface area contributed by atoms with Crippen molar-refractivity contribution >= 4 is 16.9 Å². The van der Waals surface area contributed by atoms with E-state index in [0.29, 0.717) is 34.9 Å². The normalized spacial score (nSPS) is 16.9. The number of hydrogen-bond acceptors (Lipinski definition) is 5. The Morgan fingerprint density at radius 3 is 2.67 bits per heavy atom. The van der Waals surface area contributed by atoms with E-state index in [0.717, 1.165) is 30.5 Å². The Kier molecular flexibility index (Phi) is 7.06. The highest BCUT2D eigenvalue weighted by atomic mass is 35.5. The maximum absolute atomic E-state index is 13.0. The number of aromatic hydroxyl groups is 1. The molecule has 0 spiro atoms. The number of phenols is 1. The fourth-order valence-electron chi connectivity index (χ4n) is 4.20. The standard InChI is InChI=1S/C24H27NO4.ClH/c1-3-28-24(27)22-21-18(15-25-14-8-7-9-16(25)2)19(26)12-13-20(21)29-23(22)17-10-5-4-6-11-17;/h4-6,10-13,16,26H,3,7-9,14-15H2,1-2H3;1H/p-1. The van der Waals surface area contributed by atoms with Crippen LogP contribution in [-0.2, 0) is 11.3 Å². The first-order chi connectivity index (χ1) is 14.1. The molecule has 3 aromatic rings. The van der Waals surface area contributed by atoms with E-state index < -0.39 is 5.97 Å². The highest BCUT2D eigenvalue weighted by Gasteiger charge is 2.28. The van der Waals surface area contributed by atoms with Crippen LogP contribution < -0.4 is 12.4 Å². The lowest BCUT2D eigenvalue weighted by Gasteiger charge is -2.33. The fourth-order valence-corrected chi connectivity index (χ4v) is 4.20. The zero-order chi connectivity index (χ0) is 20.4. The first-order valence-corrected chi connectivity index (χ1v) is 10.3. The third-order valence-electron chi connectivity index (χ3n) is 5.76. The molecular formula is C24H27ClNO4-. The van der Waals surface area contributed by atoms with Gasteiger partial charge in [-0.05, 0) is 45.4 Å². The Morgan fingerprint density at radius 1 is 1.20 bits per heavy atom. The molecule has 2 aromatic carbocycles. The average Bonchev–Trinajstić information content (AvgIpc) is 3.12. The molecule has 5 nitrogen and oxygen atoms in total. The van der Waals surface area contributed by atoms with Crippen LogP contribution in [0.25, 0.3) is 22.3 Å². The van der Waals surface area contributed by atoms with Crippen molar-refractivity contribution in [3.8, 4) is 17.1 Å². The van der Waals surface area contributed by atoms with Gasteiger partial charge < -0.3 is 26.7 Å². The zero-order valence-corrected chi connectivity index (χ0v) is 18.1. The van der Waals surface area contributed by atoms with Gasteiger partial charge in [0.05, 0.1) is 6.61 Å². The lowest BCUT2D eigenvalue weighted by Crippen LogP contribution is -3.00. The SMILES string of the molecule is CCOC(=O)c1c(-c2ccccc2)oc2ccc(O)c(CN3CCCCC3C)c12.[Cl-]. The van der Waals surface area contributed by atoms with Crippen molar-refractivity contribution in [2.45, 2.75) is 45.7 Å². The van der Waals surface area contributed by atoms with Crippen molar-refractivity contribution < 1.29 is 31.5 Å². The molecule has 30 heavy (non-hydrogen) atoms. The second-order valence-corrected chi connectivity index (χ2v) is 7.64. The summed E-state index contributed by atoms with van der Waals surface area (Å²) >= 11 is 0. The molecule has 160 valence electrons. The van der Waals surface area contributed by atoms with Crippen molar-refractivity contribution in [3.63, 3.8) is 0 Å². The van der Waals surface area contributed by atoms with Gasteiger partial charge in [0.15, 0.2) is 0 Å². The smallest absolute Gasteiger partial charge is 0.342 e. The van der Waals surface area contributed by atoms with Crippen LogP contribution in [0.1, 0.15) is 49.0 Å². The summed E-state index contributed by atoms with van der Waals surface area (Å²) in [5, 5.41) is 11.4. The highest BCUT2D eigenvalue weighted by Crippen LogP contribution is 2.40. The molecule has 4 rings (SSSR count). The van der Waals surface area contributed by atoms with Crippen molar-refractivity contribution in [1.82, 2.24) is 4.90 Å². The van der Waals surface area contributed by atoms with Crippen LogP contribution in [0.5, 0.6) is 5.75 Å². The minimum atomic E-state index is -0.427. The number of rotatable bonds is 5. The van der Waals surface area contributed by atoms with Crippen LogP contribution in [0.3, 0.4) is 0 Å². The summed E-state index contributed by atoms with van der Waals surface area (Å²) in [6, 6.07) is 13.4. The predicted octanol–water partition coefficient (Wildman–Crippen LogP) is 2.36. The average molecular weight is 429 g/mol. The van der Waals surface area contributed by atoms with Crippen LogP contribution >= 0.6 is 0 Å². The molecule has 1 saturated heterocycles. The van der Waals surface area contributed by atoms with Crippen molar-refractivity contribution in [1.29, 1.82) is 0 Å². The lowest BCUT2D eigenvalue weighted by molar-refractivity contribution is -0.0000259. The number of likely N-dealkylation sites (tertiary alicyclic amines) is 1. The lowest BCUT2D eigenvalue weighted by atomic mass is 9.98. The van der Waals surface area contributed by atoms with E-state index in [9.17, 15) is 9.90 Å². The maximum atomic E-state index is 13.0. The Labute approximate surface area is 183 Å². The molecule has 1 aliphatic heterocycles. The topological polar surface area (TPSA) is 62.9 Å². The molecule has 0 radical (unpaired) electrons. The molecule has 1 fully saturated rings. The van der Waals surface area contributed by atoms with Crippen molar-refractivity contribution in [3.05, 3.63) is 53.6 Å². The molecule has 1 aliphatic rings. The van der Waals surface area contributed by atoms with E-state index in [1.807, 2.05) is 30.3 Å². The number of fused-ring (bicyclic) bond motifs is 1. The third kappa shape index (κ3) is 4.18. The molecule has 1 aromatic heterocycles. The van der Waals surface area contributed by atoms with Crippen molar-refractivity contribution in [2.75, 3.05) is 13.2 Å². The quantitative estimate of drug-likeness (QED) is 0.632. The van der Waals surface area contributed by atoms with Gasteiger partial charge in [-0.25, -0.2) is 4.79 Å². The van der Waals surface area contributed by atoms with Gasteiger partial charge >= 0.3 is 5.97 Å². The summed E-state index contributed by atoms with van der Waals surface area (Å²) < 4.78 is 11.5. The van der Waals surface area contributed by atoms with Gasteiger partial charge in [0.25, 0.3) is 0 Å². The number of hydrogen-bond donors (Lipinski definition) is 1. The molecule has 1 N–H and O–H groups in total. The molecule has 1 unspecified atom stereocenters. The number of carbonyl (C=O) groups is 1. The number of piperidine rings is 1. The van der Waals surface area contributed by atoms with Gasteiger partial charge in [-0.15, -0.1) is 0 Å². The second kappa shape index (κ2) is 9.54. The van der Waals surface area contributed by atoms with Gasteiger partial charge in [0.2, 0.25) is 0 Å². The number of carbonyl (C=O) groups excluding carboxylic acids is 1.